The first-order valence-corrected chi connectivity index (χ1v) is 6.59. The summed E-state index contributed by atoms with van der Waals surface area (Å²) in [6.07, 6.45) is 0. The van der Waals surface area contributed by atoms with Gasteiger partial charge in [-0.05, 0) is 26.0 Å². The molecule has 1 aromatic carbocycles. The minimum Gasteiger partial charge on any atom is -0.294 e. The van der Waals surface area contributed by atoms with E-state index in [1.165, 1.54) is 11.3 Å². The highest BCUT2D eigenvalue weighted by molar-refractivity contribution is 7.07. The number of rotatable bonds is 1. The van der Waals surface area contributed by atoms with E-state index in [0.29, 0.717) is 5.82 Å². The third-order valence-corrected chi connectivity index (χ3v) is 3.76. The maximum Gasteiger partial charge on any atom is 0.275 e. The Bertz CT molecular complexity index is 786. The summed E-state index contributed by atoms with van der Waals surface area (Å²) in [5.74, 6) is 0.499. The number of para-hydroxylation sites is 1. The first kappa shape index (κ1) is 11.2. The van der Waals surface area contributed by atoms with Gasteiger partial charge in [-0.2, -0.15) is 0 Å². The van der Waals surface area contributed by atoms with Crippen LogP contribution in [0, 0.1) is 13.8 Å². The molecule has 0 N–H and O–H groups in total. The van der Waals surface area contributed by atoms with Crippen LogP contribution in [0.15, 0.2) is 40.5 Å². The molecular weight excluding hydrogens is 244 g/mol. The zero-order valence-electron chi connectivity index (χ0n) is 10.2. The second-order valence-electron chi connectivity index (χ2n) is 4.28. The lowest BCUT2D eigenvalue weighted by atomic mass is 10.2. The fourth-order valence-electron chi connectivity index (χ4n) is 2.15. The van der Waals surface area contributed by atoms with Crippen molar-refractivity contribution in [1.29, 1.82) is 0 Å². The maximum absolute atomic E-state index is 12.0. The van der Waals surface area contributed by atoms with Crippen molar-refractivity contribution >= 4 is 22.2 Å². The van der Waals surface area contributed by atoms with Gasteiger partial charge in [0.05, 0.1) is 5.52 Å². The molecule has 0 saturated heterocycles. The maximum atomic E-state index is 12.0. The van der Waals surface area contributed by atoms with Crippen LogP contribution >= 0.6 is 11.3 Å². The number of aryl methyl sites for hydroxylation is 2. The van der Waals surface area contributed by atoms with Gasteiger partial charge in [0.2, 0.25) is 0 Å². The van der Waals surface area contributed by atoms with Crippen molar-refractivity contribution in [3.05, 3.63) is 56.6 Å². The first-order valence-electron chi connectivity index (χ1n) is 5.71. The molecule has 0 aliphatic carbocycles. The summed E-state index contributed by atoms with van der Waals surface area (Å²) < 4.78 is 1.92. The van der Waals surface area contributed by atoms with Crippen LogP contribution in [0.25, 0.3) is 16.7 Å². The molecule has 90 valence electrons. The van der Waals surface area contributed by atoms with E-state index in [9.17, 15) is 4.79 Å². The number of nitrogens with zero attached hydrogens (tertiary/aromatic N) is 2. The van der Waals surface area contributed by atoms with Crippen LogP contribution in [0.5, 0.6) is 0 Å². The summed E-state index contributed by atoms with van der Waals surface area (Å²) in [5.41, 5.74) is 2.92. The zero-order valence-corrected chi connectivity index (χ0v) is 11.0. The molecular formula is C14H12N2OS. The summed E-state index contributed by atoms with van der Waals surface area (Å²) in [4.78, 5) is 16.4. The lowest BCUT2D eigenvalue weighted by Crippen LogP contribution is -2.12. The third kappa shape index (κ3) is 1.66. The molecule has 0 aliphatic rings. The van der Waals surface area contributed by atoms with Gasteiger partial charge in [-0.3, -0.25) is 9.36 Å². The Balaban J connectivity index is 2.41. The lowest BCUT2D eigenvalue weighted by Gasteiger charge is -2.06. The van der Waals surface area contributed by atoms with Gasteiger partial charge < -0.3 is 0 Å². The minimum absolute atomic E-state index is 0.00921. The molecule has 0 fully saturated rings. The Morgan fingerprint density at radius 2 is 2.00 bits per heavy atom. The van der Waals surface area contributed by atoms with Crippen molar-refractivity contribution in [2.24, 2.45) is 0 Å². The van der Waals surface area contributed by atoms with Crippen molar-refractivity contribution in [2.45, 2.75) is 13.8 Å². The van der Waals surface area contributed by atoms with E-state index in [4.69, 9.17) is 0 Å². The van der Waals surface area contributed by atoms with Gasteiger partial charge in [-0.25, -0.2) is 4.98 Å². The SMILES string of the molecule is Cc1csc(=O)c(-n2c(C)cc3ccccc32)n1. The van der Waals surface area contributed by atoms with Gasteiger partial charge in [0.25, 0.3) is 4.74 Å². The highest BCUT2D eigenvalue weighted by Gasteiger charge is 2.11. The first-order chi connectivity index (χ1) is 8.66. The smallest absolute Gasteiger partial charge is 0.275 e. The molecule has 0 unspecified atom stereocenters. The van der Waals surface area contributed by atoms with Crippen LogP contribution in [0.2, 0.25) is 0 Å². The molecule has 3 rings (SSSR count). The second kappa shape index (κ2) is 4.07. The van der Waals surface area contributed by atoms with Crippen LogP contribution in [-0.2, 0) is 0 Å². The Hall–Kier alpha value is -1.94. The standard InChI is InChI=1S/C14H12N2OS/c1-9-8-18-14(17)13(15-9)16-10(2)7-11-5-3-4-6-12(11)16/h3-8H,1-2H3. The largest absolute Gasteiger partial charge is 0.294 e. The summed E-state index contributed by atoms with van der Waals surface area (Å²) in [7, 11) is 0. The van der Waals surface area contributed by atoms with E-state index in [2.05, 4.69) is 11.1 Å². The molecule has 0 bridgehead atoms. The van der Waals surface area contributed by atoms with E-state index < -0.39 is 0 Å². The minimum atomic E-state index is -0.00921. The van der Waals surface area contributed by atoms with E-state index in [1.54, 1.807) is 5.38 Å². The van der Waals surface area contributed by atoms with Crippen LogP contribution in [0.3, 0.4) is 0 Å². The highest BCUT2D eigenvalue weighted by atomic mass is 32.1. The number of hydrogen-bond acceptors (Lipinski definition) is 3. The van der Waals surface area contributed by atoms with Gasteiger partial charge in [0.15, 0.2) is 5.82 Å². The van der Waals surface area contributed by atoms with Gasteiger partial charge in [-0.1, -0.05) is 29.5 Å². The van der Waals surface area contributed by atoms with Gasteiger partial charge >= 0.3 is 0 Å². The molecule has 0 amide bonds. The van der Waals surface area contributed by atoms with Crippen molar-refractivity contribution < 1.29 is 0 Å². The summed E-state index contributed by atoms with van der Waals surface area (Å²) >= 11 is 1.20. The molecule has 2 heterocycles. The van der Waals surface area contributed by atoms with E-state index in [0.717, 1.165) is 22.3 Å². The van der Waals surface area contributed by atoms with Gasteiger partial charge in [-0.15, -0.1) is 0 Å². The van der Waals surface area contributed by atoms with Crippen molar-refractivity contribution in [2.75, 3.05) is 0 Å². The molecule has 0 saturated carbocycles. The normalized spacial score (nSPS) is 11.0. The number of benzene rings is 1. The Morgan fingerprint density at radius 3 is 2.83 bits per heavy atom. The Kier molecular flexibility index (Phi) is 2.52. The predicted molar refractivity (Wildman–Crippen MR) is 74.7 cm³/mol. The molecule has 3 nitrogen and oxygen atoms in total. The van der Waals surface area contributed by atoms with Gasteiger partial charge in [0, 0.05) is 22.2 Å². The molecule has 2 aromatic heterocycles. The predicted octanol–water partition coefficient (Wildman–Crippen LogP) is 3.06. The lowest BCUT2D eigenvalue weighted by molar-refractivity contribution is 0.976. The molecule has 3 aromatic rings. The Labute approximate surface area is 108 Å². The number of fused-ring (bicyclic) bond motifs is 1. The Morgan fingerprint density at radius 1 is 1.22 bits per heavy atom. The molecule has 0 atom stereocenters. The summed E-state index contributed by atoms with van der Waals surface area (Å²) in [5, 5.41) is 2.91. The van der Waals surface area contributed by atoms with Crippen LogP contribution in [0.1, 0.15) is 11.4 Å². The highest BCUT2D eigenvalue weighted by Crippen LogP contribution is 2.21. The topological polar surface area (TPSA) is 34.9 Å². The van der Waals surface area contributed by atoms with E-state index in [-0.39, 0.29) is 4.74 Å². The average Bonchev–Trinajstić information content (AvgIpc) is 2.68. The average molecular weight is 256 g/mol. The van der Waals surface area contributed by atoms with E-state index >= 15 is 0 Å². The fraction of sp³-hybridized carbons (Fsp3) is 0.143. The summed E-state index contributed by atoms with van der Waals surface area (Å²) in [6, 6.07) is 10.1. The quantitative estimate of drug-likeness (QED) is 0.670. The van der Waals surface area contributed by atoms with Crippen LogP contribution < -0.4 is 4.74 Å². The number of hydrogen-bond donors (Lipinski definition) is 0. The monoisotopic (exact) mass is 256 g/mol. The number of aromatic nitrogens is 2. The molecule has 18 heavy (non-hydrogen) atoms. The van der Waals surface area contributed by atoms with Crippen molar-refractivity contribution in [3.8, 4) is 5.82 Å². The van der Waals surface area contributed by atoms with Crippen molar-refractivity contribution in [1.82, 2.24) is 9.55 Å². The molecule has 4 heteroatoms. The molecule has 0 spiro atoms. The van der Waals surface area contributed by atoms with Crippen molar-refractivity contribution in [3.63, 3.8) is 0 Å². The van der Waals surface area contributed by atoms with Gasteiger partial charge in [0.1, 0.15) is 0 Å². The molecule has 0 aliphatic heterocycles. The summed E-state index contributed by atoms with van der Waals surface area (Å²) in [6.45, 7) is 3.90. The third-order valence-electron chi connectivity index (χ3n) is 2.91. The van der Waals surface area contributed by atoms with Crippen LogP contribution in [-0.4, -0.2) is 9.55 Å². The second-order valence-corrected chi connectivity index (χ2v) is 5.12. The fourth-order valence-corrected chi connectivity index (χ4v) is 2.72. The molecule has 0 radical (unpaired) electrons. The van der Waals surface area contributed by atoms with E-state index in [1.807, 2.05) is 42.7 Å². The van der Waals surface area contributed by atoms with Crippen LogP contribution in [0.4, 0.5) is 0 Å². The zero-order chi connectivity index (χ0) is 12.7.